The van der Waals surface area contributed by atoms with E-state index < -0.39 is 5.82 Å². The molecule has 1 aliphatic rings. The Balaban J connectivity index is 1.74. The Morgan fingerprint density at radius 1 is 1.32 bits per heavy atom. The summed E-state index contributed by atoms with van der Waals surface area (Å²) in [6.07, 6.45) is 5.21. The lowest BCUT2D eigenvalue weighted by atomic mass is 10.0. The van der Waals surface area contributed by atoms with Gasteiger partial charge in [-0.2, -0.15) is 0 Å². The van der Waals surface area contributed by atoms with Gasteiger partial charge in [0.1, 0.15) is 11.5 Å². The van der Waals surface area contributed by atoms with Gasteiger partial charge in [-0.3, -0.25) is 4.79 Å². The maximum atomic E-state index is 14.5. The number of anilines is 1. The van der Waals surface area contributed by atoms with Crippen molar-refractivity contribution in [3.05, 3.63) is 53.1 Å². The van der Waals surface area contributed by atoms with E-state index >= 15 is 0 Å². The fourth-order valence-electron chi connectivity index (χ4n) is 2.81. The molecule has 5 nitrogen and oxygen atoms in total. The summed E-state index contributed by atoms with van der Waals surface area (Å²) in [7, 11) is 0. The van der Waals surface area contributed by atoms with Crippen LogP contribution >= 0.6 is 11.6 Å². The number of halogens is 2. The monoisotopic (exact) mass is 359 g/mol. The Morgan fingerprint density at radius 2 is 2.12 bits per heavy atom. The zero-order chi connectivity index (χ0) is 17.6. The van der Waals surface area contributed by atoms with Gasteiger partial charge in [0.05, 0.1) is 17.8 Å². The Morgan fingerprint density at radius 3 is 2.84 bits per heavy atom. The molecular weight excluding hydrogens is 345 g/mol. The lowest BCUT2D eigenvalue weighted by Crippen LogP contribution is -2.13. The van der Waals surface area contributed by atoms with Gasteiger partial charge in [-0.25, -0.2) is 9.37 Å². The molecule has 7 heteroatoms. The highest BCUT2D eigenvalue weighted by Crippen LogP contribution is 2.32. The van der Waals surface area contributed by atoms with Gasteiger partial charge in [0.15, 0.2) is 5.82 Å². The number of carbonyl (C=O) groups excluding carboxylic acids is 1. The molecule has 0 unspecified atom stereocenters. The summed E-state index contributed by atoms with van der Waals surface area (Å²) in [6, 6.07) is 6.46. The van der Waals surface area contributed by atoms with Gasteiger partial charge >= 0.3 is 0 Å². The van der Waals surface area contributed by atoms with Crippen molar-refractivity contribution in [1.82, 2.24) is 9.38 Å². The maximum absolute atomic E-state index is 14.5. The quantitative estimate of drug-likeness (QED) is 0.747. The van der Waals surface area contributed by atoms with Gasteiger partial charge in [-0.1, -0.05) is 17.7 Å². The van der Waals surface area contributed by atoms with E-state index in [9.17, 15) is 14.3 Å². The molecule has 1 aliphatic carbocycles. The second kappa shape index (κ2) is 6.13. The fraction of sp³-hybridized carbons (Fsp3) is 0.222. The molecule has 128 valence electrons. The third-order valence-electron chi connectivity index (χ3n) is 4.29. The lowest BCUT2D eigenvalue weighted by molar-refractivity contribution is -0.117. The molecule has 1 amide bonds. The number of hydrogen-bond donors (Lipinski definition) is 2. The minimum Gasteiger partial charge on any atom is -0.392 e. The van der Waals surface area contributed by atoms with Crippen LogP contribution in [0.25, 0.3) is 16.8 Å². The van der Waals surface area contributed by atoms with Crippen LogP contribution in [-0.2, 0) is 11.4 Å². The van der Waals surface area contributed by atoms with Gasteiger partial charge in [0, 0.05) is 23.2 Å². The smallest absolute Gasteiger partial charge is 0.228 e. The van der Waals surface area contributed by atoms with Crippen molar-refractivity contribution in [2.24, 2.45) is 5.92 Å². The first-order chi connectivity index (χ1) is 12.1. The van der Waals surface area contributed by atoms with Gasteiger partial charge < -0.3 is 14.8 Å². The summed E-state index contributed by atoms with van der Waals surface area (Å²) in [4.78, 5) is 16.2. The molecule has 2 heterocycles. The molecule has 25 heavy (non-hydrogen) atoms. The number of nitrogens with one attached hydrogen (secondary N) is 1. The van der Waals surface area contributed by atoms with Crippen LogP contribution in [0.3, 0.4) is 0 Å². The third kappa shape index (κ3) is 2.99. The summed E-state index contributed by atoms with van der Waals surface area (Å²) in [6.45, 7) is -0.298. The van der Waals surface area contributed by atoms with Crippen LogP contribution in [0.1, 0.15) is 18.4 Å². The first kappa shape index (κ1) is 16.1. The van der Waals surface area contributed by atoms with E-state index in [0.29, 0.717) is 22.6 Å². The van der Waals surface area contributed by atoms with Crippen LogP contribution < -0.4 is 5.32 Å². The van der Waals surface area contributed by atoms with Gasteiger partial charge in [-0.05, 0) is 36.6 Å². The Hall–Kier alpha value is -2.44. The molecule has 4 rings (SSSR count). The summed E-state index contributed by atoms with van der Waals surface area (Å²) in [5.41, 5.74) is 1.90. The van der Waals surface area contributed by atoms with Crippen LogP contribution in [0, 0.1) is 11.7 Å². The third-order valence-corrected chi connectivity index (χ3v) is 4.58. The van der Waals surface area contributed by atoms with Crippen molar-refractivity contribution in [2.75, 3.05) is 5.32 Å². The van der Waals surface area contributed by atoms with Gasteiger partial charge in [0.2, 0.25) is 5.91 Å². The zero-order valence-corrected chi connectivity index (χ0v) is 13.9. The standard InChI is InChI=1S/C18H15ClFN3O2/c19-13-5-3-12(9-24)16(17(13)20)11-4-6-15-21-14(8-23(15)7-11)22-18(25)10-1-2-10/h3-8,10,24H,1-2,9H2,(H,22,25). The number of rotatable bonds is 4. The number of aromatic nitrogens is 2. The van der Waals surface area contributed by atoms with E-state index in [0.717, 1.165) is 12.8 Å². The zero-order valence-electron chi connectivity index (χ0n) is 13.2. The van der Waals surface area contributed by atoms with Crippen molar-refractivity contribution >= 4 is 29.0 Å². The summed E-state index contributed by atoms with van der Waals surface area (Å²) < 4.78 is 16.2. The van der Waals surface area contributed by atoms with Gasteiger partial charge in [0.25, 0.3) is 0 Å². The number of pyridine rings is 1. The molecule has 0 aliphatic heterocycles. The molecule has 1 aromatic carbocycles. The van der Waals surface area contributed by atoms with Crippen LogP contribution in [0.4, 0.5) is 10.2 Å². The molecule has 1 saturated carbocycles. The predicted molar refractivity (Wildman–Crippen MR) is 92.9 cm³/mol. The molecule has 0 saturated heterocycles. The largest absolute Gasteiger partial charge is 0.392 e. The fourth-order valence-corrected chi connectivity index (χ4v) is 2.97. The second-order valence-electron chi connectivity index (χ2n) is 6.13. The van der Waals surface area contributed by atoms with E-state index in [1.165, 1.54) is 6.07 Å². The first-order valence-corrected chi connectivity index (χ1v) is 8.32. The van der Waals surface area contributed by atoms with Crippen LogP contribution in [0.15, 0.2) is 36.7 Å². The average molecular weight is 360 g/mol. The number of fused-ring (bicyclic) bond motifs is 1. The highest BCUT2D eigenvalue weighted by Gasteiger charge is 2.30. The number of benzene rings is 1. The highest BCUT2D eigenvalue weighted by atomic mass is 35.5. The SMILES string of the molecule is O=C(Nc1cn2cc(-c3c(CO)ccc(Cl)c3F)ccc2n1)C1CC1. The molecule has 0 bridgehead atoms. The molecular formula is C18H15ClFN3O2. The van der Waals surface area contributed by atoms with Crippen molar-refractivity contribution in [3.63, 3.8) is 0 Å². The Labute approximate surface area is 148 Å². The molecule has 0 spiro atoms. The summed E-state index contributed by atoms with van der Waals surface area (Å²) in [5.74, 6) is -0.0435. The van der Waals surface area contributed by atoms with E-state index in [-0.39, 0.29) is 29.0 Å². The number of aliphatic hydroxyl groups excluding tert-OH is 1. The summed E-state index contributed by atoms with van der Waals surface area (Å²) in [5, 5.41) is 12.3. The lowest BCUT2D eigenvalue weighted by Gasteiger charge is -2.10. The minimum atomic E-state index is -0.574. The van der Waals surface area contributed by atoms with Crippen molar-refractivity contribution in [2.45, 2.75) is 19.4 Å². The van der Waals surface area contributed by atoms with E-state index in [4.69, 9.17) is 11.6 Å². The molecule has 0 atom stereocenters. The number of aliphatic hydroxyl groups is 1. The van der Waals surface area contributed by atoms with E-state index in [2.05, 4.69) is 10.3 Å². The van der Waals surface area contributed by atoms with E-state index in [1.54, 1.807) is 35.0 Å². The van der Waals surface area contributed by atoms with Crippen molar-refractivity contribution < 1.29 is 14.3 Å². The first-order valence-electron chi connectivity index (χ1n) is 7.94. The normalized spacial score (nSPS) is 14.0. The minimum absolute atomic E-state index is 0.00434. The number of hydrogen-bond acceptors (Lipinski definition) is 3. The van der Waals surface area contributed by atoms with Crippen LogP contribution in [0.2, 0.25) is 5.02 Å². The molecule has 2 N–H and O–H groups in total. The Bertz CT molecular complexity index is 982. The molecule has 2 aromatic heterocycles. The van der Waals surface area contributed by atoms with Crippen LogP contribution in [0.5, 0.6) is 0 Å². The number of amides is 1. The number of carbonyl (C=O) groups is 1. The predicted octanol–water partition coefficient (Wildman–Crippen LogP) is 3.63. The topological polar surface area (TPSA) is 66.6 Å². The highest BCUT2D eigenvalue weighted by molar-refractivity contribution is 6.31. The number of imidazole rings is 1. The maximum Gasteiger partial charge on any atom is 0.228 e. The second-order valence-corrected chi connectivity index (χ2v) is 6.53. The molecule has 3 aromatic rings. The molecule has 1 fully saturated rings. The van der Waals surface area contributed by atoms with E-state index in [1.807, 2.05) is 0 Å². The van der Waals surface area contributed by atoms with Crippen molar-refractivity contribution in [3.8, 4) is 11.1 Å². The van der Waals surface area contributed by atoms with Crippen molar-refractivity contribution in [1.29, 1.82) is 0 Å². The number of nitrogens with zero attached hydrogens (tertiary/aromatic N) is 2. The Kier molecular flexibility index (Phi) is 3.94. The molecule has 0 radical (unpaired) electrons. The van der Waals surface area contributed by atoms with Gasteiger partial charge in [-0.15, -0.1) is 0 Å². The average Bonchev–Trinajstić information content (AvgIpc) is 3.37. The summed E-state index contributed by atoms with van der Waals surface area (Å²) >= 11 is 5.88. The van der Waals surface area contributed by atoms with Crippen LogP contribution in [-0.4, -0.2) is 20.4 Å².